The summed E-state index contributed by atoms with van der Waals surface area (Å²) in [4.78, 5) is 32.7. The van der Waals surface area contributed by atoms with Crippen LogP contribution in [0, 0.1) is 0 Å². The van der Waals surface area contributed by atoms with Crippen LogP contribution >= 0.6 is 0 Å². The number of carbonyl (C=O) groups is 1. The van der Waals surface area contributed by atoms with Gasteiger partial charge in [-0.2, -0.15) is 18.3 Å². The Morgan fingerprint density at radius 3 is 2.50 bits per heavy atom. The third kappa shape index (κ3) is 3.90. The highest BCUT2D eigenvalue weighted by Gasteiger charge is 2.32. The van der Waals surface area contributed by atoms with Crippen LogP contribution in [-0.2, 0) is 23.8 Å². The smallest absolute Gasteiger partial charge is 0.353 e. The van der Waals surface area contributed by atoms with Crippen LogP contribution in [0.15, 0.2) is 29.2 Å². The van der Waals surface area contributed by atoms with Gasteiger partial charge in [0, 0.05) is 38.4 Å². The van der Waals surface area contributed by atoms with E-state index in [1.807, 2.05) is 4.90 Å². The fourth-order valence-corrected chi connectivity index (χ4v) is 3.96. The van der Waals surface area contributed by atoms with Crippen molar-refractivity contribution in [3.8, 4) is 0 Å². The molecule has 1 unspecified atom stereocenters. The molecule has 10 heteroatoms. The summed E-state index contributed by atoms with van der Waals surface area (Å²) in [6, 6.07) is 3.22. The molecule has 1 amide bonds. The van der Waals surface area contributed by atoms with Crippen molar-refractivity contribution in [3.05, 3.63) is 51.6 Å². The number of halogens is 3. The maximum Gasteiger partial charge on any atom is 0.417 e. The standard InChI is InChI=1S/C20H22F3N5O2/c1-13(28-18(29)11-14-3-2-4-16(14)25-28)19(30)27-9-7-26(8-10-27)17-6-5-15(12-24-17)20(21,22)23/h5-6,11-13H,2-4,7-10H2,1H3. The molecular formula is C20H22F3N5O2. The van der Waals surface area contributed by atoms with Gasteiger partial charge in [-0.15, -0.1) is 0 Å². The van der Waals surface area contributed by atoms with Crippen LogP contribution < -0.4 is 10.5 Å². The fraction of sp³-hybridized carbons (Fsp3) is 0.500. The fourth-order valence-electron chi connectivity index (χ4n) is 3.96. The molecule has 1 fully saturated rings. The summed E-state index contributed by atoms with van der Waals surface area (Å²) in [6.07, 6.45) is -0.971. The molecule has 1 aliphatic carbocycles. The van der Waals surface area contributed by atoms with Gasteiger partial charge in [0.05, 0.1) is 11.3 Å². The number of rotatable bonds is 3. The zero-order chi connectivity index (χ0) is 21.5. The normalized spacial score (nSPS) is 17.7. The third-order valence-corrected chi connectivity index (χ3v) is 5.70. The van der Waals surface area contributed by atoms with Crippen LogP contribution in [0.4, 0.5) is 19.0 Å². The second-order valence-electron chi connectivity index (χ2n) is 7.64. The molecule has 0 bridgehead atoms. The van der Waals surface area contributed by atoms with E-state index in [-0.39, 0.29) is 11.5 Å². The molecule has 0 spiro atoms. The van der Waals surface area contributed by atoms with Crippen molar-refractivity contribution in [1.29, 1.82) is 0 Å². The monoisotopic (exact) mass is 421 g/mol. The maximum absolute atomic E-state index is 12.9. The topological polar surface area (TPSA) is 71.3 Å². The van der Waals surface area contributed by atoms with Crippen molar-refractivity contribution >= 4 is 11.7 Å². The Kier molecular flexibility index (Phi) is 5.25. The summed E-state index contributed by atoms with van der Waals surface area (Å²) < 4.78 is 39.3. The lowest BCUT2D eigenvalue weighted by Crippen LogP contribution is -2.51. The molecular weight excluding hydrogens is 399 g/mol. The van der Waals surface area contributed by atoms with E-state index in [1.54, 1.807) is 17.9 Å². The SMILES string of the molecule is CC(C(=O)N1CCN(c2ccc(C(F)(F)F)cn2)CC1)n1nc2c(cc1=O)CCC2. The van der Waals surface area contributed by atoms with Gasteiger partial charge in [0.2, 0.25) is 5.91 Å². The third-order valence-electron chi connectivity index (χ3n) is 5.70. The van der Waals surface area contributed by atoms with Gasteiger partial charge in [0.15, 0.2) is 0 Å². The molecule has 2 aliphatic rings. The molecule has 0 N–H and O–H groups in total. The Morgan fingerprint density at radius 2 is 1.87 bits per heavy atom. The summed E-state index contributed by atoms with van der Waals surface area (Å²) in [5.41, 5.74) is 0.784. The predicted octanol–water partition coefficient (Wildman–Crippen LogP) is 2.06. The van der Waals surface area contributed by atoms with Crippen molar-refractivity contribution in [2.45, 2.75) is 38.4 Å². The van der Waals surface area contributed by atoms with Gasteiger partial charge in [-0.25, -0.2) is 9.67 Å². The van der Waals surface area contributed by atoms with Gasteiger partial charge in [-0.3, -0.25) is 9.59 Å². The van der Waals surface area contributed by atoms with E-state index >= 15 is 0 Å². The molecule has 4 rings (SSSR count). The Hall–Kier alpha value is -2.91. The van der Waals surface area contributed by atoms with Crippen molar-refractivity contribution in [3.63, 3.8) is 0 Å². The highest BCUT2D eigenvalue weighted by Crippen LogP contribution is 2.29. The zero-order valence-corrected chi connectivity index (χ0v) is 16.5. The minimum Gasteiger partial charge on any atom is -0.353 e. The number of carbonyl (C=O) groups excluding carboxylic acids is 1. The van der Waals surface area contributed by atoms with E-state index < -0.39 is 17.8 Å². The van der Waals surface area contributed by atoms with Gasteiger partial charge >= 0.3 is 6.18 Å². The lowest BCUT2D eigenvalue weighted by atomic mass is 10.2. The lowest BCUT2D eigenvalue weighted by molar-refractivity contribution is -0.138. The van der Waals surface area contributed by atoms with Gasteiger partial charge in [-0.1, -0.05) is 0 Å². The van der Waals surface area contributed by atoms with Crippen LogP contribution in [0.5, 0.6) is 0 Å². The van der Waals surface area contributed by atoms with Crippen LogP contribution in [0.2, 0.25) is 0 Å². The predicted molar refractivity (Wildman–Crippen MR) is 103 cm³/mol. The van der Waals surface area contributed by atoms with E-state index in [0.717, 1.165) is 42.8 Å². The van der Waals surface area contributed by atoms with E-state index in [2.05, 4.69) is 10.1 Å². The van der Waals surface area contributed by atoms with Crippen molar-refractivity contribution in [2.75, 3.05) is 31.1 Å². The highest BCUT2D eigenvalue weighted by molar-refractivity contribution is 5.80. The number of fused-ring (bicyclic) bond motifs is 1. The second-order valence-corrected chi connectivity index (χ2v) is 7.64. The number of amides is 1. The highest BCUT2D eigenvalue weighted by atomic mass is 19.4. The first kappa shape index (κ1) is 20.4. The minimum atomic E-state index is -4.42. The van der Waals surface area contributed by atoms with Crippen LogP contribution in [0.1, 0.15) is 36.2 Å². The molecule has 1 saturated heterocycles. The molecule has 160 valence electrons. The Bertz CT molecular complexity index is 995. The van der Waals surface area contributed by atoms with Crippen molar-refractivity contribution in [1.82, 2.24) is 19.7 Å². The first-order valence-electron chi connectivity index (χ1n) is 9.92. The first-order valence-corrected chi connectivity index (χ1v) is 9.92. The summed E-state index contributed by atoms with van der Waals surface area (Å²) in [5.74, 6) is 0.252. The molecule has 0 radical (unpaired) electrons. The Labute approximate surface area is 171 Å². The van der Waals surface area contributed by atoms with Crippen LogP contribution in [0.25, 0.3) is 0 Å². The Morgan fingerprint density at radius 1 is 1.13 bits per heavy atom. The molecule has 7 nitrogen and oxygen atoms in total. The summed E-state index contributed by atoms with van der Waals surface area (Å²) in [5, 5.41) is 4.40. The average molecular weight is 421 g/mol. The molecule has 2 aromatic rings. The number of alkyl halides is 3. The zero-order valence-electron chi connectivity index (χ0n) is 16.5. The minimum absolute atomic E-state index is 0.192. The molecule has 1 aliphatic heterocycles. The van der Waals surface area contributed by atoms with E-state index in [4.69, 9.17) is 0 Å². The molecule has 1 atom stereocenters. The molecule has 0 saturated carbocycles. The first-order chi connectivity index (χ1) is 14.2. The van der Waals surface area contributed by atoms with E-state index in [9.17, 15) is 22.8 Å². The Balaban J connectivity index is 1.40. The summed E-state index contributed by atoms with van der Waals surface area (Å²) in [6.45, 7) is 3.35. The average Bonchev–Trinajstić information content (AvgIpc) is 3.19. The van der Waals surface area contributed by atoms with E-state index in [1.165, 1.54) is 10.7 Å². The number of nitrogens with zero attached hydrogens (tertiary/aromatic N) is 5. The van der Waals surface area contributed by atoms with Gasteiger partial charge in [0.1, 0.15) is 11.9 Å². The van der Waals surface area contributed by atoms with Crippen molar-refractivity contribution < 1.29 is 18.0 Å². The number of hydrogen-bond donors (Lipinski definition) is 0. The number of aryl methyl sites for hydroxylation is 2. The van der Waals surface area contributed by atoms with Gasteiger partial charge in [-0.05, 0) is 43.9 Å². The van der Waals surface area contributed by atoms with Crippen LogP contribution in [-0.4, -0.2) is 51.8 Å². The van der Waals surface area contributed by atoms with Crippen LogP contribution in [0.3, 0.4) is 0 Å². The number of pyridine rings is 1. The quantitative estimate of drug-likeness (QED) is 0.759. The number of aromatic nitrogens is 3. The largest absolute Gasteiger partial charge is 0.417 e. The summed E-state index contributed by atoms with van der Waals surface area (Å²) >= 11 is 0. The molecule has 2 aromatic heterocycles. The molecule has 3 heterocycles. The summed E-state index contributed by atoms with van der Waals surface area (Å²) in [7, 11) is 0. The van der Waals surface area contributed by atoms with E-state index in [0.29, 0.717) is 32.0 Å². The number of piperazine rings is 1. The van der Waals surface area contributed by atoms with Crippen molar-refractivity contribution in [2.24, 2.45) is 0 Å². The number of anilines is 1. The second kappa shape index (κ2) is 7.73. The lowest BCUT2D eigenvalue weighted by Gasteiger charge is -2.36. The van der Waals surface area contributed by atoms with Gasteiger partial charge < -0.3 is 9.80 Å². The molecule has 30 heavy (non-hydrogen) atoms. The van der Waals surface area contributed by atoms with Gasteiger partial charge in [0.25, 0.3) is 5.56 Å². The number of hydrogen-bond acceptors (Lipinski definition) is 5. The maximum atomic E-state index is 12.9. The molecule has 0 aromatic carbocycles.